The van der Waals surface area contributed by atoms with Crippen molar-refractivity contribution in [3.63, 3.8) is 0 Å². The molecule has 1 aromatic heterocycles. The highest BCUT2D eigenvalue weighted by Gasteiger charge is 2.51. The zero-order valence-electron chi connectivity index (χ0n) is 16.5. The van der Waals surface area contributed by atoms with E-state index >= 15 is 0 Å². The Bertz CT molecular complexity index is 691. The molecule has 9 nitrogen and oxygen atoms in total. The van der Waals surface area contributed by atoms with E-state index in [1.54, 1.807) is 0 Å². The number of aliphatic hydroxyl groups excluding tert-OH is 5. The lowest BCUT2D eigenvalue weighted by Crippen LogP contribution is -2.67. The van der Waals surface area contributed by atoms with Crippen molar-refractivity contribution >= 4 is 0 Å². The Kier molecular flexibility index (Phi) is 4.96. The first-order chi connectivity index (χ1) is 13.8. The summed E-state index contributed by atoms with van der Waals surface area (Å²) in [6.45, 7) is 1.12. The van der Waals surface area contributed by atoms with Gasteiger partial charge in [-0.05, 0) is 61.7 Å². The maximum Gasteiger partial charge on any atom is 0.111 e. The summed E-state index contributed by atoms with van der Waals surface area (Å²) in [4.78, 5) is 0. The second-order valence-electron chi connectivity index (χ2n) is 10.2. The molecule has 0 spiro atoms. The van der Waals surface area contributed by atoms with Crippen LogP contribution in [0.3, 0.4) is 0 Å². The van der Waals surface area contributed by atoms with Gasteiger partial charge in [-0.3, -0.25) is 4.68 Å². The van der Waals surface area contributed by atoms with Crippen LogP contribution < -0.4 is 5.32 Å². The summed E-state index contributed by atoms with van der Waals surface area (Å²) in [7, 11) is 0. The highest BCUT2D eigenvalue weighted by molar-refractivity contribution is 5.05. The highest BCUT2D eigenvalue weighted by atomic mass is 16.4. The Morgan fingerprint density at radius 3 is 1.93 bits per heavy atom. The quantitative estimate of drug-likeness (QED) is 0.355. The third-order valence-corrected chi connectivity index (χ3v) is 7.90. The van der Waals surface area contributed by atoms with Crippen molar-refractivity contribution < 1.29 is 25.5 Å². The van der Waals surface area contributed by atoms with Crippen molar-refractivity contribution in [1.82, 2.24) is 20.3 Å². The molecule has 2 unspecified atom stereocenters. The molecule has 5 aliphatic carbocycles. The van der Waals surface area contributed by atoms with E-state index in [0.717, 1.165) is 24.3 Å². The van der Waals surface area contributed by atoms with Gasteiger partial charge in [0.1, 0.15) is 30.5 Å². The maximum atomic E-state index is 10.1. The van der Waals surface area contributed by atoms with Crippen LogP contribution in [0.2, 0.25) is 0 Å². The van der Waals surface area contributed by atoms with Crippen LogP contribution in [0.4, 0.5) is 0 Å². The highest BCUT2D eigenvalue weighted by Crippen LogP contribution is 2.60. The minimum atomic E-state index is -1.58. The van der Waals surface area contributed by atoms with E-state index in [1.165, 1.54) is 38.5 Å². The summed E-state index contributed by atoms with van der Waals surface area (Å²) >= 11 is 0. The number of aromatic nitrogens is 3. The minimum absolute atomic E-state index is 0.231. The number of aliphatic hydroxyl groups is 5. The lowest BCUT2D eigenvalue weighted by Gasteiger charge is -2.56. The van der Waals surface area contributed by atoms with Gasteiger partial charge in [-0.15, -0.1) is 5.10 Å². The zero-order valence-corrected chi connectivity index (χ0v) is 16.5. The van der Waals surface area contributed by atoms with E-state index in [0.29, 0.717) is 11.1 Å². The minimum Gasteiger partial charge on any atom is -0.389 e. The molecule has 5 saturated carbocycles. The molecule has 1 aromatic rings. The molecular formula is C20H32N4O5. The van der Waals surface area contributed by atoms with Crippen LogP contribution in [-0.4, -0.2) is 77.1 Å². The molecule has 0 aromatic carbocycles. The summed E-state index contributed by atoms with van der Waals surface area (Å²) in [5.41, 5.74) is 1.03. The lowest BCUT2D eigenvalue weighted by atomic mass is 9.49. The van der Waals surface area contributed by atoms with Gasteiger partial charge in [-0.2, -0.15) is 0 Å². The molecule has 6 atom stereocenters. The van der Waals surface area contributed by atoms with Crippen molar-refractivity contribution in [3.05, 3.63) is 11.9 Å². The normalized spacial score (nSPS) is 48.9. The predicted molar refractivity (Wildman–Crippen MR) is 101 cm³/mol. The predicted octanol–water partition coefficient (Wildman–Crippen LogP) is -1.23. The van der Waals surface area contributed by atoms with Crippen LogP contribution in [0.25, 0.3) is 0 Å². The second-order valence-corrected chi connectivity index (χ2v) is 10.2. The first kappa shape index (κ1) is 19.8. The Morgan fingerprint density at radius 1 is 0.862 bits per heavy atom. The van der Waals surface area contributed by atoms with Crippen molar-refractivity contribution in [2.24, 2.45) is 23.2 Å². The number of nitrogens with zero attached hydrogens (tertiary/aromatic N) is 3. The van der Waals surface area contributed by atoms with Crippen LogP contribution in [0.1, 0.15) is 44.2 Å². The summed E-state index contributed by atoms with van der Waals surface area (Å²) in [6, 6.07) is -0.975. The monoisotopic (exact) mass is 408 g/mol. The first-order valence-electron chi connectivity index (χ1n) is 10.9. The van der Waals surface area contributed by atoms with Gasteiger partial charge in [-0.25, -0.2) is 0 Å². The van der Waals surface area contributed by atoms with Crippen molar-refractivity contribution in [2.45, 2.75) is 88.2 Å². The molecule has 162 valence electrons. The molecule has 0 saturated heterocycles. The zero-order chi connectivity index (χ0) is 20.3. The van der Waals surface area contributed by atoms with E-state index in [9.17, 15) is 25.5 Å². The van der Waals surface area contributed by atoms with Gasteiger partial charge in [0.25, 0.3) is 0 Å². The fourth-order valence-electron chi connectivity index (χ4n) is 7.02. The fraction of sp³-hybridized carbons (Fsp3) is 0.900. The SMILES string of the molecule is OC1[C@@H](O)[C@H](O)C(NCc2cn(CC34CC5CC(CC(C5)C3)C4)nn2)[C@H](O)[C@H]1O. The number of hydrogen-bond donors (Lipinski definition) is 6. The van der Waals surface area contributed by atoms with Crippen LogP contribution in [0.15, 0.2) is 6.20 Å². The second kappa shape index (κ2) is 7.25. The van der Waals surface area contributed by atoms with Crippen LogP contribution in [0, 0.1) is 23.2 Å². The summed E-state index contributed by atoms with van der Waals surface area (Å²) in [5, 5.41) is 61.1. The average Bonchev–Trinajstić information content (AvgIpc) is 3.10. The number of nitrogens with one attached hydrogen (secondary N) is 1. The molecule has 1 heterocycles. The molecule has 6 rings (SSSR count). The van der Waals surface area contributed by atoms with Crippen LogP contribution in [-0.2, 0) is 13.1 Å². The molecule has 6 N–H and O–H groups in total. The molecule has 5 aliphatic rings. The lowest BCUT2D eigenvalue weighted by molar-refractivity contribution is -0.190. The van der Waals surface area contributed by atoms with Gasteiger partial charge in [0.2, 0.25) is 0 Å². The third kappa shape index (κ3) is 3.51. The maximum absolute atomic E-state index is 10.1. The largest absolute Gasteiger partial charge is 0.389 e. The molecular weight excluding hydrogens is 376 g/mol. The number of hydrogen-bond acceptors (Lipinski definition) is 8. The number of rotatable bonds is 5. The third-order valence-electron chi connectivity index (χ3n) is 7.90. The standard InChI is InChI=1S/C20H32N4O5/c25-15-14(16(26)18(28)19(29)17(15)27)21-7-13-8-24(23-22-13)9-20-4-10-1-11(5-20)3-12(2-10)6-20/h8,10-12,14-19,21,25-29H,1-7,9H2/t10?,11?,12?,14?,15-,16+,17+,18-,19?,20?. The molecule has 0 amide bonds. The first-order valence-corrected chi connectivity index (χ1v) is 10.9. The Balaban J connectivity index is 1.21. The van der Waals surface area contributed by atoms with E-state index in [1.807, 2.05) is 10.9 Å². The Labute approximate surface area is 169 Å². The van der Waals surface area contributed by atoms with E-state index in [-0.39, 0.29) is 6.54 Å². The molecule has 0 aliphatic heterocycles. The summed E-state index contributed by atoms with van der Waals surface area (Å²) < 4.78 is 1.92. The van der Waals surface area contributed by atoms with Gasteiger partial charge in [0.05, 0.1) is 11.7 Å². The molecule has 5 fully saturated rings. The van der Waals surface area contributed by atoms with Gasteiger partial charge in [0, 0.05) is 19.3 Å². The summed E-state index contributed by atoms with van der Waals surface area (Å²) in [5.74, 6) is 2.65. The van der Waals surface area contributed by atoms with Crippen molar-refractivity contribution in [2.75, 3.05) is 0 Å². The van der Waals surface area contributed by atoms with Crippen molar-refractivity contribution in [3.8, 4) is 0 Å². The van der Waals surface area contributed by atoms with Gasteiger partial charge < -0.3 is 30.8 Å². The van der Waals surface area contributed by atoms with Gasteiger partial charge in [0.15, 0.2) is 0 Å². The van der Waals surface area contributed by atoms with E-state index < -0.39 is 36.6 Å². The molecule has 29 heavy (non-hydrogen) atoms. The Hall–Kier alpha value is -1.10. The molecule has 9 heteroatoms. The van der Waals surface area contributed by atoms with E-state index in [2.05, 4.69) is 15.6 Å². The van der Waals surface area contributed by atoms with Crippen LogP contribution in [0.5, 0.6) is 0 Å². The Morgan fingerprint density at radius 2 is 1.38 bits per heavy atom. The average molecular weight is 408 g/mol. The molecule has 4 bridgehead atoms. The fourth-order valence-corrected chi connectivity index (χ4v) is 7.02. The van der Waals surface area contributed by atoms with Crippen molar-refractivity contribution in [1.29, 1.82) is 0 Å². The smallest absolute Gasteiger partial charge is 0.111 e. The van der Waals surface area contributed by atoms with Gasteiger partial charge >= 0.3 is 0 Å². The van der Waals surface area contributed by atoms with Crippen LogP contribution >= 0.6 is 0 Å². The van der Waals surface area contributed by atoms with E-state index in [4.69, 9.17) is 0 Å². The van der Waals surface area contributed by atoms with Gasteiger partial charge in [-0.1, -0.05) is 5.21 Å². The summed E-state index contributed by atoms with van der Waals surface area (Å²) in [6.07, 6.45) is 2.57. The topological polar surface area (TPSA) is 144 Å². The molecule has 0 radical (unpaired) electrons.